The molecule has 0 spiro atoms. The van der Waals surface area contributed by atoms with Gasteiger partial charge in [0.1, 0.15) is 4.21 Å². The summed E-state index contributed by atoms with van der Waals surface area (Å²) in [6, 6.07) is 3.38. The first kappa shape index (κ1) is 23.6. The van der Waals surface area contributed by atoms with Gasteiger partial charge in [-0.25, -0.2) is 8.42 Å². The molecule has 0 aliphatic carbocycles. The molecule has 1 aliphatic heterocycles. The molecule has 150 valence electrons. The van der Waals surface area contributed by atoms with Crippen molar-refractivity contribution in [2.45, 2.75) is 44.4 Å². The van der Waals surface area contributed by atoms with E-state index in [2.05, 4.69) is 42.9 Å². The second-order valence-corrected chi connectivity index (χ2v) is 10.7. The van der Waals surface area contributed by atoms with Gasteiger partial charge in [-0.05, 0) is 32.2 Å². The molecule has 1 saturated heterocycles. The maximum Gasteiger partial charge on any atom is 0.252 e. The summed E-state index contributed by atoms with van der Waals surface area (Å²) in [4.78, 5) is 6.93. The molecule has 0 radical (unpaired) electrons. The molecule has 1 aromatic heterocycles. The molecule has 1 aliphatic rings. The van der Waals surface area contributed by atoms with E-state index in [0.29, 0.717) is 17.3 Å². The molecule has 0 atom stereocenters. The van der Waals surface area contributed by atoms with Crippen molar-refractivity contribution in [3.05, 3.63) is 17.5 Å². The summed E-state index contributed by atoms with van der Waals surface area (Å²) in [6.07, 6.45) is 0. The Bertz CT molecular complexity index is 715. The summed E-state index contributed by atoms with van der Waals surface area (Å²) in [5, 5.41) is 5.10. The number of aliphatic imine (C=N–C) groups is 1. The van der Waals surface area contributed by atoms with Crippen molar-refractivity contribution in [3.8, 4) is 0 Å². The Morgan fingerprint density at radius 3 is 2.50 bits per heavy atom. The Hall–Kier alpha value is -0.390. The molecule has 2 rings (SSSR count). The summed E-state index contributed by atoms with van der Waals surface area (Å²) < 4.78 is 26.6. The highest BCUT2D eigenvalue weighted by Crippen LogP contribution is 2.46. The van der Waals surface area contributed by atoms with Gasteiger partial charge in [0.25, 0.3) is 10.0 Å². The van der Waals surface area contributed by atoms with Crippen LogP contribution in [0.2, 0.25) is 0 Å². The van der Waals surface area contributed by atoms with Crippen molar-refractivity contribution >= 4 is 51.3 Å². The first-order valence-electron chi connectivity index (χ1n) is 8.60. The predicted molar refractivity (Wildman–Crippen MR) is 120 cm³/mol. The number of nitrogens with one attached hydrogen (secondary N) is 1. The maximum absolute atomic E-state index is 12.4. The van der Waals surface area contributed by atoms with E-state index in [-0.39, 0.29) is 34.9 Å². The van der Waals surface area contributed by atoms with Crippen molar-refractivity contribution < 1.29 is 8.42 Å². The molecule has 2 heterocycles. The Balaban J connectivity index is 0.00000338. The first-order chi connectivity index (χ1) is 11.5. The number of thiophene rings is 1. The van der Waals surface area contributed by atoms with Crippen LogP contribution in [0.25, 0.3) is 0 Å². The fraction of sp³-hybridized carbons (Fsp3) is 0.706. The van der Waals surface area contributed by atoms with Crippen molar-refractivity contribution in [2.75, 3.05) is 33.2 Å². The highest BCUT2D eigenvalue weighted by Gasteiger charge is 2.53. The van der Waals surface area contributed by atoms with Crippen LogP contribution in [0.4, 0.5) is 0 Å². The van der Waals surface area contributed by atoms with Crippen LogP contribution in [0.1, 0.15) is 34.6 Å². The van der Waals surface area contributed by atoms with Gasteiger partial charge < -0.3 is 10.2 Å². The number of hydrogen-bond acceptors (Lipinski definition) is 4. The van der Waals surface area contributed by atoms with Gasteiger partial charge in [-0.3, -0.25) is 4.99 Å². The molecule has 26 heavy (non-hydrogen) atoms. The molecular formula is C17H31IN4O2S2. The molecule has 0 saturated carbocycles. The Morgan fingerprint density at radius 2 is 2.04 bits per heavy atom. The van der Waals surface area contributed by atoms with Crippen LogP contribution >= 0.6 is 35.3 Å². The molecular weight excluding hydrogens is 483 g/mol. The minimum Gasteiger partial charge on any atom is -0.356 e. The van der Waals surface area contributed by atoms with Crippen LogP contribution in [0.5, 0.6) is 0 Å². The molecule has 0 amide bonds. The van der Waals surface area contributed by atoms with Crippen molar-refractivity contribution in [3.63, 3.8) is 0 Å². The van der Waals surface area contributed by atoms with E-state index in [9.17, 15) is 8.42 Å². The molecule has 1 N–H and O–H groups in total. The number of hydrogen-bond donors (Lipinski definition) is 1. The molecule has 0 unspecified atom stereocenters. The zero-order valence-corrected chi connectivity index (χ0v) is 20.4. The van der Waals surface area contributed by atoms with Gasteiger partial charge in [-0.1, -0.05) is 19.9 Å². The summed E-state index contributed by atoms with van der Waals surface area (Å²) in [5.41, 5.74) is 0.242. The zero-order valence-electron chi connectivity index (χ0n) is 16.4. The number of likely N-dealkylation sites (N-methyl/N-ethyl adjacent to an activating group) is 1. The monoisotopic (exact) mass is 514 g/mol. The normalized spacial score (nSPS) is 19.0. The van der Waals surface area contributed by atoms with Gasteiger partial charge in [0.2, 0.25) is 0 Å². The number of rotatable bonds is 6. The molecule has 0 bridgehead atoms. The Labute approximate surface area is 179 Å². The second kappa shape index (κ2) is 8.74. The number of guanidine groups is 1. The Kier molecular flexibility index (Phi) is 7.95. The third kappa shape index (κ3) is 4.53. The fourth-order valence-electron chi connectivity index (χ4n) is 2.78. The van der Waals surface area contributed by atoms with Gasteiger partial charge in [0.05, 0.1) is 6.54 Å². The number of halogens is 1. The SMILES string of the molecule is CCNC(=NCCN(C)S(=O)(=O)c1cccs1)N1CC(C)(C)C1(C)C.I. The van der Waals surface area contributed by atoms with Gasteiger partial charge in [-0.15, -0.1) is 35.3 Å². The standard InChI is InChI=1S/C17H30N4O2S2.HI/c1-7-18-15(21-13-16(2,3)17(21,4)5)19-10-11-20(6)25(22,23)14-9-8-12-24-14;/h8-9,12H,7,10-11,13H2,1-6H3,(H,18,19);1H. The van der Waals surface area contributed by atoms with E-state index in [1.54, 1.807) is 24.6 Å². The van der Waals surface area contributed by atoms with Crippen molar-refractivity contribution in [1.82, 2.24) is 14.5 Å². The number of nitrogens with zero attached hydrogens (tertiary/aromatic N) is 3. The molecule has 6 nitrogen and oxygen atoms in total. The Morgan fingerprint density at radius 1 is 1.38 bits per heavy atom. The molecule has 0 aromatic carbocycles. The van der Waals surface area contributed by atoms with Crippen LogP contribution in [-0.4, -0.2) is 62.3 Å². The smallest absolute Gasteiger partial charge is 0.252 e. The highest BCUT2D eigenvalue weighted by atomic mass is 127. The minimum absolute atomic E-state index is 0. The van der Waals surface area contributed by atoms with E-state index in [4.69, 9.17) is 0 Å². The maximum atomic E-state index is 12.4. The number of sulfonamides is 1. The average molecular weight is 514 g/mol. The van der Waals surface area contributed by atoms with E-state index in [1.165, 1.54) is 15.6 Å². The van der Waals surface area contributed by atoms with Crippen molar-refractivity contribution in [2.24, 2.45) is 10.4 Å². The summed E-state index contributed by atoms with van der Waals surface area (Å²) in [6.45, 7) is 13.5. The average Bonchev–Trinajstić information content (AvgIpc) is 3.07. The van der Waals surface area contributed by atoms with Crippen LogP contribution in [0, 0.1) is 5.41 Å². The number of likely N-dealkylation sites (tertiary alicyclic amines) is 1. The lowest BCUT2D eigenvalue weighted by Crippen LogP contribution is -2.72. The lowest BCUT2D eigenvalue weighted by Gasteiger charge is -2.62. The summed E-state index contributed by atoms with van der Waals surface area (Å²) in [5.74, 6) is 0.855. The fourth-order valence-corrected chi connectivity index (χ4v) is 5.14. The summed E-state index contributed by atoms with van der Waals surface area (Å²) in [7, 11) is -1.81. The predicted octanol–water partition coefficient (Wildman–Crippen LogP) is 3.07. The topological polar surface area (TPSA) is 65.0 Å². The van der Waals surface area contributed by atoms with Crippen LogP contribution < -0.4 is 5.32 Å². The molecule has 9 heteroatoms. The van der Waals surface area contributed by atoms with Crippen molar-refractivity contribution in [1.29, 1.82) is 0 Å². The minimum atomic E-state index is -3.41. The molecule has 1 aromatic rings. The van der Waals surface area contributed by atoms with Gasteiger partial charge in [0.15, 0.2) is 5.96 Å². The zero-order chi connectivity index (χ0) is 18.9. The van der Waals surface area contributed by atoms with E-state index < -0.39 is 10.0 Å². The van der Waals surface area contributed by atoms with Crippen LogP contribution in [0.3, 0.4) is 0 Å². The van der Waals surface area contributed by atoms with Crippen LogP contribution in [-0.2, 0) is 10.0 Å². The van der Waals surface area contributed by atoms with Crippen LogP contribution in [0.15, 0.2) is 26.7 Å². The third-order valence-electron chi connectivity index (χ3n) is 5.31. The highest BCUT2D eigenvalue weighted by molar-refractivity contribution is 14.0. The van der Waals surface area contributed by atoms with Gasteiger partial charge in [0, 0.05) is 37.6 Å². The van der Waals surface area contributed by atoms with Gasteiger partial charge >= 0.3 is 0 Å². The lowest BCUT2D eigenvalue weighted by molar-refractivity contribution is -0.0667. The molecule has 1 fully saturated rings. The van der Waals surface area contributed by atoms with E-state index in [1.807, 2.05) is 6.92 Å². The van der Waals surface area contributed by atoms with E-state index in [0.717, 1.165) is 19.0 Å². The third-order valence-corrected chi connectivity index (χ3v) is 8.54. The lowest BCUT2D eigenvalue weighted by atomic mass is 9.65. The first-order valence-corrected chi connectivity index (χ1v) is 10.9. The summed E-state index contributed by atoms with van der Waals surface area (Å²) >= 11 is 1.24. The van der Waals surface area contributed by atoms with Gasteiger partial charge in [-0.2, -0.15) is 4.31 Å². The quantitative estimate of drug-likeness (QED) is 0.360. The largest absolute Gasteiger partial charge is 0.356 e. The second-order valence-electron chi connectivity index (χ2n) is 7.52. The van der Waals surface area contributed by atoms with E-state index >= 15 is 0 Å².